The Bertz CT molecular complexity index is 15.5. The first-order valence-electron chi connectivity index (χ1n) is 0.707. The van der Waals surface area contributed by atoms with E-state index in [1.54, 1.807) is 0 Å². The van der Waals surface area contributed by atoms with E-state index in [0.717, 1.165) is 0 Å². The molecule has 0 aromatic carbocycles. The van der Waals surface area contributed by atoms with Crippen LogP contribution in [0.4, 0.5) is 0 Å². The maximum Gasteiger partial charge on any atom is 3.00 e. The molecule has 0 atom stereocenters. The molecule has 2 radical (unpaired) electrons. The van der Waals surface area contributed by atoms with E-state index in [-0.39, 0.29) is 45.1 Å². The van der Waals surface area contributed by atoms with Crippen molar-refractivity contribution >= 4 is 33.5 Å². The fourth-order valence-electron chi connectivity index (χ4n) is 0. The first kappa shape index (κ1) is 15.7. The summed E-state index contributed by atoms with van der Waals surface area (Å²) in [4.78, 5) is 0. The molecule has 0 aliphatic carbocycles. The summed E-state index contributed by atoms with van der Waals surface area (Å²) in [6, 6.07) is 0. The molecule has 0 heterocycles. The number of rotatable bonds is 0. The van der Waals surface area contributed by atoms with Gasteiger partial charge in [-0.2, -0.15) is 0 Å². The third kappa shape index (κ3) is 52.3. The normalized spacial score (nSPS) is 4.50. The van der Waals surface area contributed by atoms with E-state index in [9.17, 15) is 0 Å². The van der Waals surface area contributed by atoms with Crippen molar-refractivity contribution < 1.29 is 33.9 Å². The van der Waals surface area contributed by atoms with Crippen molar-refractivity contribution in [3.63, 3.8) is 0 Å². The summed E-state index contributed by atoms with van der Waals surface area (Å²) in [5.74, 6) is 0. The van der Waals surface area contributed by atoms with Crippen molar-refractivity contribution in [1.29, 1.82) is 0 Å². The Morgan fingerprint density at radius 1 is 1.00 bits per heavy atom. The maximum atomic E-state index is 8.42. The topological polar surface area (TPSA) is 69.2 Å². The molecule has 0 spiro atoms. The SMILES string of the molecule is [Bi+3].[Li+].[O-]B([O-])[O-]. The fourth-order valence-corrected chi connectivity index (χ4v) is 0. The smallest absolute Gasteiger partial charge is 0.907 e. The fraction of sp³-hybridized carbons (Fsp3) is 0. The predicted octanol–water partition coefficient (Wildman–Crippen LogP) is -7.32. The van der Waals surface area contributed by atoms with Crippen molar-refractivity contribution in [2.75, 3.05) is 0 Å². The Hall–Kier alpha value is 1.43. The first-order valence-corrected chi connectivity index (χ1v) is 0.707. The van der Waals surface area contributed by atoms with Crippen LogP contribution in [0, 0.1) is 0 Å². The van der Waals surface area contributed by atoms with Gasteiger partial charge >= 0.3 is 45.1 Å². The Labute approximate surface area is 67.2 Å². The zero-order chi connectivity index (χ0) is 3.58. The van der Waals surface area contributed by atoms with Gasteiger partial charge < -0.3 is 15.1 Å². The molecular formula is BBiLiO3+. The van der Waals surface area contributed by atoms with E-state index in [1.807, 2.05) is 0 Å². The van der Waals surface area contributed by atoms with Crippen molar-refractivity contribution in [2.24, 2.45) is 0 Å². The van der Waals surface area contributed by atoms with E-state index in [2.05, 4.69) is 0 Å². The summed E-state index contributed by atoms with van der Waals surface area (Å²) in [5.41, 5.74) is 0. The third-order valence-electron chi connectivity index (χ3n) is 0. The van der Waals surface area contributed by atoms with Crippen molar-refractivity contribution in [3.05, 3.63) is 0 Å². The minimum Gasteiger partial charge on any atom is -0.907 e. The molecule has 0 saturated heterocycles. The molecule has 0 aromatic rings. The number of hydrogen-bond donors (Lipinski definition) is 0. The van der Waals surface area contributed by atoms with Gasteiger partial charge in [0.15, 0.2) is 0 Å². The molecule has 0 unspecified atom stereocenters. The molecule has 0 fully saturated rings. The van der Waals surface area contributed by atoms with E-state index in [4.69, 9.17) is 15.1 Å². The quantitative estimate of drug-likeness (QED) is 0.412. The molecule has 3 nitrogen and oxygen atoms in total. The molecule has 0 saturated carbocycles. The van der Waals surface area contributed by atoms with Crippen LogP contribution < -0.4 is 33.9 Å². The van der Waals surface area contributed by atoms with Crippen LogP contribution in [0.1, 0.15) is 0 Å². The summed E-state index contributed by atoms with van der Waals surface area (Å²) in [5, 5.41) is 25.2. The van der Waals surface area contributed by atoms with E-state index >= 15 is 0 Å². The zero-order valence-corrected chi connectivity index (χ0v) is 6.73. The first-order chi connectivity index (χ1) is 1.73. The average Bonchev–Trinajstić information content (AvgIpc) is 0.811. The van der Waals surface area contributed by atoms with Crippen LogP contribution in [0.3, 0.4) is 0 Å². The third-order valence-corrected chi connectivity index (χ3v) is 0. The van der Waals surface area contributed by atoms with Crippen molar-refractivity contribution in [2.45, 2.75) is 0 Å². The second kappa shape index (κ2) is 9.66. The summed E-state index contributed by atoms with van der Waals surface area (Å²) in [6.45, 7) is 0. The molecule has 0 bridgehead atoms. The molecule has 0 amide bonds. The molecule has 0 aromatic heterocycles. The molecule has 0 aliphatic rings. The van der Waals surface area contributed by atoms with Gasteiger partial charge in [0.2, 0.25) is 0 Å². The second-order valence-corrected chi connectivity index (χ2v) is 0.289. The molecule has 6 heavy (non-hydrogen) atoms. The number of hydrogen-bond acceptors (Lipinski definition) is 3. The minimum atomic E-state index is -2.92. The van der Waals surface area contributed by atoms with Crippen LogP contribution >= 0.6 is 0 Å². The van der Waals surface area contributed by atoms with Gasteiger partial charge in [-0.3, -0.25) is 7.32 Å². The molecule has 26 valence electrons. The monoisotopic (exact) mass is 275 g/mol. The van der Waals surface area contributed by atoms with E-state index < -0.39 is 7.32 Å². The Morgan fingerprint density at radius 3 is 1.00 bits per heavy atom. The Kier molecular flexibility index (Phi) is 25.2. The van der Waals surface area contributed by atoms with Gasteiger partial charge in [0.1, 0.15) is 0 Å². The molecular weight excluding hydrogens is 275 g/mol. The van der Waals surface area contributed by atoms with Crippen LogP contribution in [0.2, 0.25) is 0 Å². The Balaban J connectivity index is -0.0000000450. The molecule has 0 aliphatic heterocycles. The zero-order valence-electron chi connectivity index (χ0n) is 3.25. The Morgan fingerprint density at radius 2 is 1.00 bits per heavy atom. The van der Waals surface area contributed by atoms with E-state index in [0.29, 0.717) is 0 Å². The average molecular weight is 275 g/mol. The van der Waals surface area contributed by atoms with Crippen LogP contribution in [0.15, 0.2) is 0 Å². The largest absolute Gasteiger partial charge is 3.00 e. The molecule has 0 rings (SSSR count). The second-order valence-electron chi connectivity index (χ2n) is 0.289. The van der Waals surface area contributed by atoms with Crippen LogP contribution in [0.5, 0.6) is 0 Å². The standard InChI is InChI=1S/BO3.Bi.Li/c2-1(3)4;;/q-3;+3;+1. The van der Waals surface area contributed by atoms with Gasteiger partial charge in [0.25, 0.3) is 0 Å². The summed E-state index contributed by atoms with van der Waals surface area (Å²) >= 11 is 0. The summed E-state index contributed by atoms with van der Waals surface area (Å²) in [7, 11) is -2.92. The minimum absolute atomic E-state index is 0. The summed E-state index contributed by atoms with van der Waals surface area (Å²) in [6.07, 6.45) is 0. The van der Waals surface area contributed by atoms with Crippen LogP contribution in [-0.2, 0) is 0 Å². The van der Waals surface area contributed by atoms with Crippen molar-refractivity contribution in [1.82, 2.24) is 0 Å². The van der Waals surface area contributed by atoms with Gasteiger partial charge in [-0.25, -0.2) is 0 Å². The molecule has 6 heteroatoms. The maximum absolute atomic E-state index is 8.42. The van der Waals surface area contributed by atoms with Crippen LogP contribution in [-0.4, -0.2) is 33.5 Å². The van der Waals surface area contributed by atoms with Crippen molar-refractivity contribution in [3.8, 4) is 0 Å². The van der Waals surface area contributed by atoms with Gasteiger partial charge in [-0.05, 0) is 0 Å². The van der Waals surface area contributed by atoms with Gasteiger partial charge in [-0.15, -0.1) is 0 Å². The van der Waals surface area contributed by atoms with Gasteiger partial charge in [0.05, 0.1) is 0 Å². The van der Waals surface area contributed by atoms with E-state index in [1.165, 1.54) is 0 Å². The van der Waals surface area contributed by atoms with Gasteiger partial charge in [0, 0.05) is 0 Å². The predicted molar refractivity (Wildman–Crippen MR) is 11.5 cm³/mol. The molecule has 0 N–H and O–H groups in total. The van der Waals surface area contributed by atoms with Crippen LogP contribution in [0.25, 0.3) is 0 Å². The summed E-state index contributed by atoms with van der Waals surface area (Å²) < 4.78 is 0. The van der Waals surface area contributed by atoms with Gasteiger partial charge in [-0.1, -0.05) is 0 Å².